The SMILES string of the molecule is Cc1ccc(C2CNNC2C2CCCN(C(=O)c3ccncc3)C2)cc1. The van der Waals surface area contributed by atoms with Gasteiger partial charge in [0.2, 0.25) is 0 Å². The van der Waals surface area contributed by atoms with E-state index in [9.17, 15) is 4.79 Å². The van der Waals surface area contributed by atoms with Gasteiger partial charge in [-0.05, 0) is 43.4 Å². The summed E-state index contributed by atoms with van der Waals surface area (Å²) < 4.78 is 0. The summed E-state index contributed by atoms with van der Waals surface area (Å²) >= 11 is 0. The summed E-state index contributed by atoms with van der Waals surface area (Å²) in [7, 11) is 0. The van der Waals surface area contributed by atoms with E-state index in [0.717, 1.165) is 38.0 Å². The van der Waals surface area contributed by atoms with Gasteiger partial charge in [-0.25, -0.2) is 0 Å². The van der Waals surface area contributed by atoms with Crippen LogP contribution in [0.5, 0.6) is 0 Å². The summed E-state index contributed by atoms with van der Waals surface area (Å²) in [6, 6.07) is 12.8. The van der Waals surface area contributed by atoms with E-state index >= 15 is 0 Å². The molecule has 4 rings (SSSR count). The average molecular weight is 350 g/mol. The van der Waals surface area contributed by atoms with Gasteiger partial charge in [-0.2, -0.15) is 0 Å². The lowest BCUT2D eigenvalue weighted by molar-refractivity contribution is 0.0644. The molecule has 3 atom stereocenters. The third-order valence-corrected chi connectivity index (χ3v) is 5.71. The maximum atomic E-state index is 12.8. The third-order valence-electron chi connectivity index (χ3n) is 5.71. The number of amides is 1. The first kappa shape index (κ1) is 17.2. The van der Waals surface area contributed by atoms with Gasteiger partial charge in [-0.15, -0.1) is 0 Å². The maximum Gasteiger partial charge on any atom is 0.253 e. The van der Waals surface area contributed by atoms with Crippen LogP contribution in [-0.4, -0.2) is 41.5 Å². The molecule has 1 aromatic heterocycles. The molecule has 1 aromatic carbocycles. The molecule has 3 unspecified atom stereocenters. The van der Waals surface area contributed by atoms with Crippen LogP contribution < -0.4 is 10.9 Å². The van der Waals surface area contributed by atoms with Gasteiger partial charge in [0.05, 0.1) is 0 Å². The second-order valence-corrected chi connectivity index (χ2v) is 7.46. The molecule has 1 amide bonds. The van der Waals surface area contributed by atoms with Crippen LogP contribution in [0.25, 0.3) is 0 Å². The number of pyridine rings is 1. The minimum absolute atomic E-state index is 0.120. The van der Waals surface area contributed by atoms with Crippen molar-refractivity contribution in [3.8, 4) is 0 Å². The Kier molecular flexibility index (Phi) is 5.00. The zero-order valence-electron chi connectivity index (χ0n) is 15.2. The van der Waals surface area contributed by atoms with Gasteiger partial charge in [-0.3, -0.25) is 20.6 Å². The number of hydrazine groups is 1. The van der Waals surface area contributed by atoms with Crippen LogP contribution in [-0.2, 0) is 0 Å². The summed E-state index contributed by atoms with van der Waals surface area (Å²) in [6.45, 7) is 4.70. The molecule has 0 radical (unpaired) electrons. The van der Waals surface area contributed by atoms with E-state index < -0.39 is 0 Å². The summed E-state index contributed by atoms with van der Waals surface area (Å²) in [5.74, 6) is 1.02. The third kappa shape index (κ3) is 3.50. The highest BCUT2D eigenvalue weighted by atomic mass is 16.2. The molecule has 0 aliphatic carbocycles. The Morgan fingerprint density at radius 3 is 2.69 bits per heavy atom. The highest BCUT2D eigenvalue weighted by Crippen LogP contribution is 2.32. The fraction of sp³-hybridized carbons (Fsp3) is 0.429. The van der Waals surface area contributed by atoms with Gasteiger partial charge in [0, 0.05) is 49.6 Å². The second kappa shape index (κ2) is 7.56. The van der Waals surface area contributed by atoms with E-state index in [0.29, 0.717) is 17.9 Å². The van der Waals surface area contributed by atoms with E-state index in [4.69, 9.17) is 0 Å². The summed E-state index contributed by atoms with van der Waals surface area (Å²) in [5, 5.41) is 0. The van der Waals surface area contributed by atoms with E-state index in [1.54, 1.807) is 24.5 Å². The first-order valence-electron chi connectivity index (χ1n) is 9.46. The molecule has 2 aliphatic rings. The number of aromatic nitrogens is 1. The number of likely N-dealkylation sites (tertiary alicyclic amines) is 1. The minimum atomic E-state index is 0.120. The molecule has 2 aliphatic heterocycles. The number of aryl methyl sites for hydroxylation is 1. The van der Waals surface area contributed by atoms with Crippen LogP contribution in [0.15, 0.2) is 48.8 Å². The maximum absolute atomic E-state index is 12.8. The van der Waals surface area contributed by atoms with E-state index in [1.165, 1.54) is 11.1 Å². The van der Waals surface area contributed by atoms with Crippen LogP contribution in [0.1, 0.15) is 40.2 Å². The van der Waals surface area contributed by atoms with Crippen molar-refractivity contribution < 1.29 is 4.79 Å². The zero-order valence-corrected chi connectivity index (χ0v) is 15.2. The minimum Gasteiger partial charge on any atom is -0.338 e. The molecule has 2 fully saturated rings. The van der Waals surface area contributed by atoms with Crippen molar-refractivity contribution in [3.05, 3.63) is 65.5 Å². The van der Waals surface area contributed by atoms with Crippen molar-refractivity contribution in [2.75, 3.05) is 19.6 Å². The molecule has 0 bridgehead atoms. The van der Waals surface area contributed by atoms with E-state index in [1.807, 2.05) is 4.90 Å². The lowest BCUT2D eigenvalue weighted by atomic mass is 9.81. The largest absolute Gasteiger partial charge is 0.338 e. The van der Waals surface area contributed by atoms with Crippen LogP contribution >= 0.6 is 0 Å². The number of nitrogens with zero attached hydrogens (tertiary/aromatic N) is 2. The Morgan fingerprint density at radius 2 is 1.92 bits per heavy atom. The van der Waals surface area contributed by atoms with Gasteiger partial charge >= 0.3 is 0 Å². The summed E-state index contributed by atoms with van der Waals surface area (Å²) in [4.78, 5) is 18.8. The number of rotatable bonds is 3. The van der Waals surface area contributed by atoms with Crippen molar-refractivity contribution in [3.63, 3.8) is 0 Å². The van der Waals surface area contributed by atoms with Crippen LogP contribution in [0, 0.1) is 12.8 Å². The first-order valence-corrected chi connectivity index (χ1v) is 9.46. The molecule has 0 saturated carbocycles. The molecule has 2 N–H and O–H groups in total. The molecular formula is C21H26N4O. The van der Waals surface area contributed by atoms with Gasteiger partial charge in [0.1, 0.15) is 0 Å². The van der Waals surface area contributed by atoms with Gasteiger partial charge in [0.25, 0.3) is 5.91 Å². The lowest BCUT2D eigenvalue weighted by Crippen LogP contribution is -2.48. The van der Waals surface area contributed by atoms with Crippen LogP contribution in [0.3, 0.4) is 0 Å². The van der Waals surface area contributed by atoms with E-state index in [2.05, 4.69) is 47.0 Å². The fourth-order valence-corrected chi connectivity index (χ4v) is 4.26. The predicted molar refractivity (Wildman–Crippen MR) is 102 cm³/mol. The topological polar surface area (TPSA) is 57.3 Å². The number of nitrogens with one attached hydrogen (secondary N) is 2. The Hall–Kier alpha value is -2.24. The zero-order chi connectivity index (χ0) is 17.9. The molecule has 5 nitrogen and oxygen atoms in total. The van der Waals surface area contributed by atoms with Crippen molar-refractivity contribution in [1.29, 1.82) is 0 Å². The molecule has 2 aromatic rings. The van der Waals surface area contributed by atoms with Crippen molar-refractivity contribution in [2.45, 2.75) is 31.7 Å². The van der Waals surface area contributed by atoms with Gasteiger partial charge < -0.3 is 4.90 Å². The Bertz CT molecular complexity index is 746. The van der Waals surface area contributed by atoms with Crippen molar-refractivity contribution >= 4 is 5.91 Å². The van der Waals surface area contributed by atoms with Crippen LogP contribution in [0.4, 0.5) is 0 Å². The normalized spacial score (nSPS) is 26.0. The van der Waals surface area contributed by atoms with E-state index in [-0.39, 0.29) is 5.91 Å². The molecule has 5 heteroatoms. The smallest absolute Gasteiger partial charge is 0.253 e. The standard InChI is InChI=1S/C21H26N4O/c1-15-4-6-16(7-5-15)19-13-23-24-20(19)18-3-2-12-25(14-18)21(26)17-8-10-22-11-9-17/h4-11,18-20,23-24H,2-3,12-14H2,1H3. The molecular weight excluding hydrogens is 324 g/mol. The molecule has 136 valence electrons. The number of hydrogen-bond acceptors (Lipinski definition) is 4. The predicted octanol–water partition coefficient (Wildman–Crippen LogP) is 2.50. The molecule has 3 heterocycles. The summed E-state index contributed by atoms with van der Waals surface area (Å²) in [6.07, 6.45) is 5.58. The Labute approximate surface area is 154 Å². The molecule has 26 heavy (non-hydrogen) atoms. The first-order chi connectivity index (χ1) is 12.7. The Morgan fingerprint density at radius 1 is 1.15 bits per heavy atom. The number of carbonyl (C=O) groups is 1. The molecule has 2 saturated heterocycles. The highest BCUT2D eigenvalue weighted by Gasteiger charge is 2.37. The molecule has 0 spiro atoms. The number of piperidine rings is 1. The van der Waals surface area contributed by atoms with Crippen molar-refractivity contribution in [1.82, 2.24) is 20.7 Å². The number of hydrogen-bond donors (Lipinski definition) is 2. The van der Waals surface area contributed by atoms with Gasteiger partial charge in [-0.1, -0.05) is 29.8 Å². The fourth-order valence-electron chi connectivity index (χ4n) is 4.26. The quantitative estimate of drug-likeness (QED) is 0.893. The summed E-state index contributed by atoms with van der Waals surface area (Å²) in [5.41, 5.74) is 10.2. The van der Waals surface area contributed by atoms with Gasteiger partial charge in [0.15, 0.2) is 0 Å². The number of carbonyl (C=O) groups excluding carboxylic acids is 1. The lowest BCUT2D eigenvalue weighted by Gasteiger charge is -2.37. The number of benzene rings is 1. The van der Waals surface area contributed by atoms with Crippen LogP contribution in [0.2, 0.25) is 0 Å². The Balaban J connectivity index is 1.48. The average Bonchev–Trinajstić information content (AvgIpc) is 3.19. The second-order valence-electron chi connectivity index (χ2n) is 7.46. The monoisotopic (exact) mass is 350 g/mol. The van der Waals surface area contributed by atoms with Crippen molar-refractivity contribution in [2.24, 2.45) is 5.92 Å². The highest BCUT2D eigenvalue weighted by molar-refractivity contribution is 5.94.